The number of carbonyl (C=O) groups excluding carboxylic acids is 1. The van der Waals surface area contributed by atoms with Crippen LogP contribution in [0, 0.1) is 16.4 Å². The first kappa shape index (κ1) is 20.7. The summed E-state index contributed by atoms with van der Waals surface area (Å²) in [5.41, 5.74) is 1.73. The smallest absolute Gasteiger partial charge is 0.226 e. The van der Waals surface area contributed by atoms with Crippen LogP contribution < -0.4 is 5.32 Å². The van der Waals surface area contributed by atoms with Gasteiger partial charge in [-0.05, 0) is 59.5 Å². The number of hydrogen-bond donors (Lipinski definition) is 1. The van der Waals surface area contributed by atoms with Crippen molar-refractivity contribution in [3.8, 4) is 0 Å². The maximum atomic E-state index is 14.6. The molecule has 2 aliphatic heterocycles. The summed E-state index contributed by atoms with van der Waals surface area (Å²) >= 11 is 8.66. The van der Waals surface area contributed by atoms with Crippen molar-refractivity contribution in [1.82, 2.24) is 14.5 Å². The zero-order chi connectivity index (χ0) is 20.7. The van der Waals surface area contributed by atoms with Crippen molar-refractivity contribution in [3.05, 3.63) is 50.0 Å². The van der Waals surface area contributed by atoms with Crippen molar-refractivity contribution in [2.75, 3.05) is 13.2 Å². The number of hydrogen-bond acceptors (Lipinski definition) is 3. The van der Waals surface area contributed by atoms with Crippen molar-refractivity contribution < 1.29 is 18.3 Å². The molecule has 5 nitrogen and oxygen atoms in total. The van der Waals surface area contributed by atoms with Crippen LogP contribution in [0.1, 0.15) is 35.7 Å². The van der Waals surface area contributed by atoms with Crippen LogP contribution in [0.2, 0.25) is 0 Å². The molecule has 1 N–H and O–H groups in total. The number of aromatic nitrogens is 2. The molecule has 29 heavy (non-hydrogen) atoms. The molecule has 1 fully saturated rings. The van der Waals surface area contributed by atoms with Crippen molar-refractivity contribution in [2.45, 2.75) is 44.2 Å². The van der Waals surface area contributed by atoms with Crippen LogP contribution in [0.3, 0.4) is 0 Å². The van der Waals surface area contributed by atoms with Gasteiger partial charge in [-0.2, -0.15) is 0 Å². The Morgan fingerprint density at radius 1 is 1.41 bits per heavy atom. The first-order valence-electron chi connectivity index (χ1n) is 9.64. The third-order valence-electron chi connectivity index (χ3n) is 5.77. The van der Waals surface area contributed by atoms with E-state index in [0.717, 1.165) is 30.8 Å². The molecule has 0 saturated carbocycles. The minimum absolute atomic E-state index is 0.0257. The summed E-state index contributed by atoms with van der Waals surface area (Å²) < 4.78 is 38.9. The normalized spacial score (nSPS) is 21.2. The van der Waals surface area contributed by atoms with Gasteiger partial charge in [0.1, 0.15) is 11.6 Å². The maximum absolute atomic E-state index is 14.6. The van der Waals surface area contributed by atoms with Crippen molar-refractivity contribution in [3.63, 3.8) is 0 Å². The second-order valence-electron chi connectivity index (χ2n) is 7.66. The Labute approximate surface area is 181 Å². The molecular weight excluding hydrogens is 464 g/mol. The summed E-state index contributed by atoms with van der Waals surface area (Å²) in [6.07, 6.45) is 2.45. The van der Waals surface area contributed by atoms with E-state index >= 15 is 0 Å². The van der Waals surface area contributed by atoms with E-state index < -0.39 is 11.6 Å². The van der Waals surface area contributed by atoms with Gasteiger partial charge in [0.2, 0.25) is 5.91 Å². The molecule has 2 aromatic rings. The van der Waals surface area contributed by atoms with Gasteiger partial charge in [-0.3, -0.25) is 4.79 Å². The van der Waals surface area contributed by atoms with Gasteiger partial charge in [-0.1, -0.05) is 0 Å². The molecule has 0 aliphatic carbocycles. The van der Waals surface area contributed by atoms with E-state index in [1.54, 1.807) is 0 Å². The summed E-state index contributed by atoms with van der Waals surface area (Å²) in [6, 6.07) is 2.66. The van der Waals surface area contributed by atoms with Crippen LogP contribution in [0.4, 0.5) is 8.78 Å². The van der Waals surface area contributed by atoms with E-state index in [2.05, 4.69) is 21.2 Å². The first-order valence-corrected chi connectivity index (χ1v) is 10.8. The summed E-state index contributed by atoms with van der Waals surface area (Å²) in [6.45, 7) is 1.66. The van der Waals surface area contributed by atoms with Crippen LogP contribution in [0.25, 0.3) is 0 Å². The highest BCUT2D eigenvalue weighted by molar-refractivity contribution is 9.10. The Hall–Kier alpha value is -1.58. The zero-order valence-electron chi connectivity index (χ0n) is 16.0. The molecule has 3 heterocycles. The predicted octanol–water partition coefficient (Wildman–Crippen LogP) is 3.77. The molecule has 0 spiro atoms. The lowest BCUT2D eigenvalue weighted by Crippen LogP contribution is -2.41. The van der Waals surface area contributed by atoms with Gasteiger partial charge in [0.25, 0.3) is 0 Å². The lowest BCUT2D eigenvalue weighted by Gasteiger charge is -2.23. The lowest BCUT2D eigenvalue weighted by molar-refractivity contribution is -0.122. The molecule has 9 heteroatoms. The van der Waals surface area contributed by atoms with Crippen molar-refractivity contribution in [2.24, 2.45) is 7.05 Å². The van der Waals surface area contributed by atoms with Gasteiger partial charge >= 0.3 is 0 Å². The third kappa shape index (κ3) is 3.92. The largest absolute Gasteiger partial charge is 0.379 e. The molecular formula is C20H22BrF2N3O2S. The summed E-state index contributed by atoms with van der Waals surface area (Å²) in [7, 11) is 1.83. The Morgan fingerprint density at radius 3 is 2.93 bits per heavy atom. The Kier molecular flexibility index (Phi) is 5.90. The van der Waals surface area contributed by atoms with E-state index in [-0.39, 0.29) is 34.3 Å². The molecule has 1 aromatic carbocycles. The Morgan fingerprint density at radius 2 is 2.21 bits per heavy atom. The average molecular weight is 486 g/mol. The highest BCUT2D eigenvalue weighted by atomic mass is 79.9. The number of amides is 1. The quantitative estimate of drug-likeness (QED) is 0.529. The van der Waals surface area contributed by atoms with Gasteiger partial charge in [0.15, 0.2) is 4.77 Å². The number of nitrogens with zero attached hydrogens (tertiary/aromatic N) is 2. The molecule has 0 bridgehead atoms. The number of ether oxygens (including phenoxy) is 1. The molecule has 0 unspecified atom stereocenters. The van der Waals surface area contributed by atoms with Crippen molar-refractivity contribution in [1.29, 1.82) is 0 Å². The van der Waals surface area contributed by atoms with Crippen LogP contribution in [-0.2, 0) is 36.0 Å². The number of halogens is 3. The molecule has 4 rings (SSSR count). The summed E-state index contributed by atoms with van der Waals surface area (Å²) in [4.78, 5) is 12.6. The fourth-order valence-corrected chi connectivity index (χ4v) is 4.95. The van der Waals surface area contributed by atoms with Gasteiger partial charge in [-0.15, -0.1) is 0 Å². The number of imidazole rings is 1. The van der Waals surface area contributed by atoms with E-state index in [1.165, 1.54) is 12.1 Å². The van der Waals surface area contributed by atoms with Gasteiger partial charge < -0.3 is 19.2 Å². The highest BCUT2D eigenvalue weighted by Crippen LogP contribution is 2.37. The Bertz CT molecular complexity index is 1010. The third-order valence-corrected chi connectivity index (χ3v) is 6.87. The van der Waals surface area contributed by atoms with E-state index in [1.807, 2.05) is 16.2 Å². The standard InChI is InChI=1S/C20H22BrF2N3O2S/c1-25-15(8-17(27)24-12-3-2-6-28-10-12)16-7-11(9-26(16)20(25)29)18-14(22)5-4-13(21)19(18)23/h4-5,11-12H,2-3,6-10H2,1H3,(H,24,27)/t11-,12-/m1/s1. The lowest BCUT2D eigenvalue weighted by atomic mass is 9.95. The molecule has 2 atom stereocenters. The molecule has 156 valence electrons. The van der Waals surface area contributed by atoms with Crippen molar-refractivity contribution >= 4 is 34.1 Å². The second kappa shape index (κ2) is 8.28. The Balaban J connectivity index is 1.57. The summed E-state index contributed by atoms with van der Waals surface area (Å²) in [5.74, 6) is -1.59. The molecule has 0 radical (unpaired) electrons. The summed E-state index contributed by atoms with van der Waals surface area (Å²) in [5, 5.41) is 3.02. The number of rotatable bonds is 4. The molecule has 1 saturated heterocycles. The number of fused-ring (bicyclic) bond motifs is 1. The topological polar surface area (TPSA) is 48.2 Å². The monoisotopic (exact) mass is 485 g/mol. The molecule has 1 aromatic heterocycles. The van der Waals surface area contributed by atoms with Crippen LogP contribution in [-0.4, -0.2) is 34.3 Å². The van der Waals surface area contributed by atoms with Gasteiger partial charge in [0, 0.05) is 43.1 Å². The van der Waals surface area contributed by atoms with Gasteiger partial charge in [-0.25, -0.2) is 8.78 Å². The van der Waals surface area contributed by atoms with Gasteiger partial charge in [0.05, 0.1) is 23.5 Å². The van der Waals surface area contributed by atoms with E-state index in [9.17, 15) is 13.6 Å². The minimum atomic E-state index is -0.576. The maximum Gasteiger partial charge on any atom is 0.226 e. The number of carbonyl (C=O) groups is 1. The first-order chi connectivity index (χ1) is 13.9. The fourth-order valence-electron chi connectivity index (χ4n) is 4.31. The molecule has 2 aliphatic rings. The zero-order valence-corrected chi connectivity index (χ0v) is 18.4. The predicted molar refractivity (Wildman–Crippen MR) is 110 cm³/mol. The SMILES string of the molecule is Cn1c(CC(=O)N[C@@H]2CCCOC2)c2n(c1=S)C[C@H](c1c(F)ccc(Br)c1F)C2. The number of nitrogens with one attached hydrogen (secondary N) is 1. The van der Waals surface area contributed by atoms with Crippen LogP contribution >= 0.6 is 28.1 Å². The fraction of sp³-hybridized carbons (Fsp3) is 0.500. The second-order valence-corrected chi connectivity index (χ2v) is 8.88. The van der Waals surface area contributed by atoms with E-state index in [4.69, 9.17) is 17.0 Å². The highest BCUT2D eigenvalue weighted by Gasteiger charge is 2.33. The van der Waals surface area contributed by atoms with Crippen LogP contribution in [0.5, 0.6) is 0 Å². The molecule has 1 amide bonds. The van der Waals surface area contributed by atoms with Crippen LogP contribution in [0.15, 0.2) is 16.6 Å². The minimum Gasteiger partial charge on any atom is -0.379 e. The average Bonchev–Trinajstić information content (AvgIpc) is 3.21. The number of benzene rings is 1. The van der Waals surface area contributed by atoms with E-state index in [0.29, 0.717) is 24.3 Å².